The van der Waals surface area contributed by atoms with Gasteiger partial charge in [0.2, 0.25) is 0 Å². The summed E-state index contributed by atoms with van der Waals surface area (Å²) in [6, 6.07) is 9.92. The van der Waals surface area contributed by atoms with E-state index in [1.807, 2.05) is 13.0 Å². The van der Waals surface area contributed by atoms with Crippen molar-refractivity contribution in [2.24, 2.45) is 0 Å². The molecule has 160 valence electrons. The van der Waals surface area contributed by atoms with Crippen LogP contribution in [-0.4, -0.2) is 35.1 Å². The predicted molar refractivity (Wildman–Crippen MR) is 122 cm³/mol. The molecule has 0 bridgehead atoms. The predicted octanol–water partition coefficient (Wildman–Crippen LogP) is 4.03. The van der Waals surface area contributed by atoms with Crippen LogP contribution in [0.1, 0.15) is 65.6 Å². The molecule has 0 radical (unpaired) electrons. The zero-order valence-corrected chi connectivity index (χ0v) is 19.6. The van der Waals surface area contributed by atoms with E-state index in [4.69, 9.17) is 9.47 Å². The molecule has 2 atom stereocenters. The zero-order chi connectivity index (χ0) is 22.1. The van der Waals surface area contributed by atoms with Crippen molar-refractivity contribution in [2.45, 2.75) is 52.0 Å². The SMILES string of the molecule is CCOCc1cccc(C(=O)N[C@H]2c3cc(C(C)=O)cc(I)c3OC(C)(C)[C@@H]2O)c1. The summed E-state index contributed by atoms with van der Waals surface area (Å²) in [7, 11) is 0. The molecule has 0 aromatic heterocycles. The Hall–Kier alpha value is -1.97. The molecule has 2 aromatic carbocycles. The van der Waals surface area contributed by atoms with Crippen molar-refractivity contribution >= 4 is 34.3 Å². The number of Topliss-reactive ketones (excluding diaryl/α,β-unsaturated/α-hetero) is 1. The monoisotopic (exact) mass is 523 g/mol. The smallest absolute Gasteiger partial charge is 0.251 e. The van der Waals surface area contributed by atoms with E-state index in [9.17, 15) is 14.7 Å². The zero-order valence-electron chi connectivity index (χ0n) is 17.5. The Labute approximate surface area is 190 Å². The third-order valence-corrected chi connectivity index (χ3v) is 5.96. The van der Waals surface area contributed by atoms with Gasteiger partial charge in [0, 0.05) is 23.3 Å². The lowest BCUT2D eigenvalue weighted by molar-refractivity contribution is -0.0633. The van der Waals surface area contributed by atoms with Gasteiger partial charge < -0.3 is 19.9 Å². The highest BCUT2D eigenvalue weighted by Crippen LogP contribution is 2.43. The second-order valence-electron chi connectivity index (χ2n) is 7.87. The first-order chi connectivity index (χ1) is 14.1. The van der Waals surface area contributed by atoms with Crippen LogP contribution >= 0.6 is 22.6 Å². The van der Waals surface area contributed by atoms with E-state index in [2.05, 4.69) is 27.9 Å². The maximum Gasteiger partial charge on any atom is 0.251 e. The van der Waals surface area contributed by atoms with Crippen molar-refractivity contribution in [3.63, 3.8) is 0 Å². The van der Waals surface area contributed by atoms with Gasteiger partial charge in [0.15, 0.2) is 5.78 Å². The maximum atomic E-state index is 13.0. The molecule has 1 amide bonds. The van der Waals surface area contributed by atoms with Crippen LogP contribution in [0.15, 0.2) is 36.4 Å². The van der Waals surface area contributed by atoms with Crippen LogP contribution in [0, 0.1) is 3.57 Å². The van der Waals surface area contributed by atoms with Gasteiger partial charge in [-0.1, -0.05) is 12.1 Å². The number of benzene rings is 2. The molecule has 0 fully saturated rings. The van der Waals surface area contributed by atoms with Gasteiger partial charge >= 0.3 is 0 Å². The van der Waals surface area contributed by atoms with Gasteiger partial charge in [0.1, 0.15) is 17.5 Å². The van der Waals surface area contributed by atoms with Crippen molar-refractivity contribution in [1.29, 1.82) is 0 Å². The molecule has 3 rings (SSSR count). The Morgan fingerprint density at radius 1 is 1.23 bits per heavy atom. The second-order valence-corrected chi connectivity index (χ2v) is 9.03. The van der Waals surface area contributed by atoms with Crippen LogP contribution in [0.25, 0.3) is 0 Å². The minimum absolute atomic E-state index is 0.0938. The average Bonchev–Trinajstić information content (AvgIpc) is 2.70. The first-order valence-electron chi connectivity index (χ1n) is 9.83. The fraction of sp³-hybridized carbons (Fsp3) is 0.391. The van der Waals surface area contributed by atoms with Crippen LogP contribution in [0.2, 0.25) is 0 Å². The van der Waals surface area contributed by atoms with Crippen LogP contribution in [0.4, 0.5) is 0 Å². The fourth-order valence-electron chi connectivity index (χ4n) is 3.46. The standard InChI is InChI=1S/C23H26INO5/c1-5-29-12-14-7-6-8-15(9-14)22(28)25-19-17-10-16(13(2)26)11-18(24)20(17)30-23(3,4)21(19)27/h6-11,19,21,27H,5,12H2,1-4H3,(H,25,28)/t19-,21+/m0/s1. The first-order valence-corrected chi connectivity index (χ1v) is 10.9. The molecule has 1 aliphatic heterocycles. The molecule has 1 aliphatic rings. The molecule has 30 heavy (non-hydrogen) atoms. The topological polar surface area (TPSA) is 84.9 Å². The molecule has 0 saturated heterocycles. The number of aliphatic hydroxyl groups is 1. The number of nitrogens with one attached hydrogen (secondary N) is 1. The highest BCUT2D eigenvalue weighted by atomic mass is 127. The van der Waals surface area contributed by atoms with E-state index >= 15 is 0 Å². The van der Waals surface area contributed by atoms with Crippen molar-refractivity contribution in [3.8, 4) is 5.75 Å². The summed E-state index contributed by atoms with van der Waals surface area (Å²) in [4.78, 5) is 25.0. The molecule has 0 unspecified atom stereocenters. The number of fused-ring (bicyclic) bond motifs is 1. The Morgan fingerprint density at radius 3 is 2.63 bits per heavy atom. The number of halogens is 1. The molecule has 2 aromatic rings. The molecule has 1 heterocycles. The number of hydrogen-bond donors (Lipinski definition) is 2. The van der Waals surface area contributed by atoms with Crippen LogP contribution in [-0.2, 0) is 11.3 Å². The summed E-state index contributed by atoms with van der Waals surface area (Å²) >= 11 is 2.11. The minimum atomic E-state index is -1.00. The minimum Gasteiger partial charge on any atom is -0.484 e. The summed E-state index contributed by atoms with van der Waals surface area (Å²) < 4.78 is 12.2. The maximum absolute atomic E-state index is 13.0. The van der Waals surface area contributed by atoms with E-state index < -0.39 is 17.7 Å². The second kappa shape index (κ2) is 9.03. The lowest BCUT2D eigenvalue weighted by atomic mass is 9.85. The Kier molecular flexibility index (Phi) is 6.84. The number of ether oxygens (including phenoxy) is 2. The molecule has 2 N–H and O–H groups in total. The summed E-state index contributed by atoms with van der Waals surface area (Å²) in [6.07, 6.45) is -1.00. The Balaban J connectivity index is 1.97. The average molecular weight is 523 g/mol. The largest absolute Gasteiger partial charge is 0.484 e. The van der Waals surface area contributed by atoms with Crippen molar-refractivity contribution in [1.82, 2.24) is 5.32 Å². The fourth-order valence-corrected chi connectivity index (χ4v) is 4.21. The van der Waals surface area contributed by atoms with Gasteiger partial charge in [0.25, 0.3) is 5.91 Å². The normalized spacial score (nSPS) is 19.5. The molecule has 0 saturated carbocycles. The van der Waals surface area contributed by atoms with Crippen molar-refractivity contribution in [2.75, 3.05) is 6.61 Å². The molecule has 6 nitrogen and oxygen atoms in total. The van der Waals surface area contributed by atoms with Gasteiger partial charge in [-0.25, -0.2) is 0 Å². The van der Waals surface area contributed by atoms with Crippen LogP contribution in [0.5, 0.6) is 5.75 Å². The number of amides is 1. The number of carbonyl (C=O) groups is 2. The number of carbonyl (C=O) groups excluding carboxylic acids is 2. The quantitative estimate of drug-likeness (QED) is 0.441. The van der Waals surface area contributed by atoms with Gasteiger partial charge in [-0.2, -0.15) is 0 Å². The highest BCUT2D eigenvalue weighted by Gasteiger charge is 2.44. The number of aliphatic hydroxyl groups excluding tert-OH is 1. The molecular weight excluding hydrogens is 497 g/mol. The lowest BCUT2D eigenvalue weighted by Gasteiger charge is -2.42. The van der Waals surface area contributed by atoms with Gasteiger partial charge in [-0.3, -0.25) is 9.59 Å². The van der Waals surface area contributed by atoms with Crippen molar-refractivity contribution in [3.05, 3.63) is 62.2 Å². The third kappa shape index (κ3) is 4.68. The summed E-state index contributed by atoms with van der Waals surface area (Å²) in [5.74, 6) is 0.166. The van der Waals surface area contributed by atoms with Gasteiger partial charge in [-0.15, -0.1) is 0 Å². The number of rotatable bonds is 6. The Bertz CT molecular complexity index is 972. The van der Waals surface area contributed by atoms with E-state index in [0.717, 1.165) is 9.13 Å². The summed E-state index contributed by atoms with van der Waals surface area (Å²) in [6.45, 7) is 7.97. The number of hydrogen-bond acceptors (Lipinski definition) is 5. The summed E-state index contributed by atoms with van der Waals surface area (Å²) in [5, 5.41) is 13.9. The molecule has 0 aliphatic carbocycles. The van der Waals surface area contributed by atoms with E-state index in [1.165, 1.54) is 6.92 Å². The van der Waals surface area contributed by atoms with Crippen LogP contribution in [0.3, 0.4) is 0 Å². The molecule has 7 heteroatoms. The number of ketones is 1. The van der Waals surface area contributed by atoms with Gasteiger partial charge in [-0.05, 0) is 80.1 Å². The molecule has 0 spiro atoms. The molecular formula is C23H26INO5. The lowest BCUT2D eigenvalue weighted by Crippen LogP contribution is -2.53. The first kappa shape index (κ1) is 22.7. The van der Waals surface area contributed by atoms with E-state index in [-0.39, 0.29) is 11.7 Å². The van der Waals surface area contributed by atoms with Gasteiger partial charge in [0.05, 0.1) is 16.2 Å². The Morgan fingerprint density at radius 2 is 1.97 bits per heavy atom. The third-order valence-electron chi connectivity index (χ3n) is 5.16. The van der Waals surface area contributed by atoms with E-state index in [0.29, 0.717) is 35.7 Å². The van der Waals surface area contributed by atoms with E-state index in [1.54, 1.807) is 44.2 Å². The van der Waals surface area contributed by atoms with Crippen LogP contribution < -0.4 is 10.1 Å². The summed E-state index contributed by atoms with van der Waals surface area (Å²) in [5.41, 5.74) is 1.55. The van der Waals surface area contributed by atoms with Crippen molar-refractivity contribution < 1.29 is 24.2 Å². The highest BCUT2D eigenvalue weighted by molar-refractivity contribution is 14.1.